The lowest BCUT2D eigenvalue weighted by molar-refractivity contribution is -0.118. The molecule has 1 aliphatic heterocycles. The number of rotatable bonds is 2. The van der Waals surface area contributed by atoms with Gasteiger partial charge in [-0.15, -0.1) is 0 Å². The Kier molecular flexibility index (Phi) is 3.06. The molecule has 0 saturated carbocycles. The Hall–Kier alpha value is -1.95. The molecule has 0 aromatic heterocycles. The smallest absolute Gasteiger partial charge is 0.275 e. The highest BCUT2D eigenvalue weighted by Crippen LogP contribution is 2.16. The van der Waals surface area contributed by atoms with E-state index in [-0.39, 0.29) is 17.1 Å². The van der Waals surface area contributed by atoms with Gasteiger partial charge >= 0.3 is 6.03 Å². The first-order valence-corrected chi connectivity index (χ1v) is 5.05. The van der Waals surface area contributed by atoms with E-state index in [1.54, 1.807) is 0 Å². The first-order chi connectivity index (χ1) is 8.08. The molecule has 1 fully saturated rings. The summed E-state index contributed by atoms with van der Waals surface area (Å²) in [5.41, 5.74) is 0.0707. The van der Waals surface area contributed by atoms with E-state index < -0.39 is 17.8 Å². The second-order valence-corrected chi connectivity index (χ2v) is 3.70. The molecule has 0 spiro atoms. The van der Waals surface area contributed by atoms with Crippen molar-refractivity contribution in [3.63, 3.8) is 0 Å². The topological polar surface area (TPSA) is 61.8 Å². The van der Waals surface area contributed by atoms with Crippen molar-refractivity contribution in [2.75, 3.05) is 6.54 Å². The third kappa shape index (κ3) is 2.42. The van der Waals surface area contributed by atoms with Gasteiger partial charge in [0.1, 0.15) is 12.4 Å². The third-order valence-corrected chi connectivity index (χ3v) is 2.43. The summed E-state index contributed by atoms with van der Waals surface area (Å²) in [6, 6.07) is 3.55. The van der Waals surface area contributed by atoms with Crippen LogP contribution >= 0.6 is 11.6 Å². The van der Waals surface area contributed by atoms with Crippen LogP contribution in [0.1, 0.15) is 5.56 Å². The van der Waals surface area contributed by atoms with Crippen LogP contribution in [0.3, 0.4) is 0 Å². The number of hydrazone groups is 1. The van der Waals surface area contributed by atoms with Gasteiger partial charge in [-0.2, -0.15) is 5.10 Å². The molecule has 0 unspecified atom stereocenters. The first kappa shape index (κ1) is 11.5. The molecule has 3 amide bonds. The van der Waals surface area contributed by atoms with Crippen LogP contribution in [0.2, 0.25) is 5.02 Å². The molecule has 5 nitrogen and oxygen atoms in total. The molecular weight excluding hydrogens is 249 g/mol. The lowest BCUT2D eigenvalue weighted by Crippen LogP contribution is -2.24. The van der Waals surface area contributed by atoms with Crippen molar-refractivity contribution < 1.29 is 14.0 Å². The van der Waals surface area contributed by atoms with Gasteiger partial charge in [0.25, 0.3) is 0 Å². The maximum Gasteiger partial charge on any atom is 0.344 e. The summed E-state index contributed by atoms with van der Waals surface area (Å²) in [5.74, 6) is -1.00. The second kappa shape index (κ2) is 4.50. The molecule has 0 aliphatic carbocycles. The zero-order valence-corrected chi connectivity index (χ0v) is 9.24. The van der Waals surface area contributed by atoms with E-state index in [2.05, 4.69) is 5.10 Å². The number of nitrogens with zero attached hydrogens (tertiary/aromatic N) is 2. The number of hydrogen-bond donors (Lipinski definition) is 1. The predicted molar refractivity (Wildman–Crippen MR) is 59.2 cm³/mol. The number of amides is 3. The minimum atomic E-state index is -0.640. The molecule has 1 aromatic carbocycles. The number of hydrogen-bond acceptors (Lipinski definition) is 3. The Morgan fingerprint density at radius 1 is 1.47 bits per heavy atom. The maximum absolute atomic E-state index is 13.3. The standard InChI is InChI=1S/C10H7ClFN3O2/c11-7-2-1-3-8(12)6(7)4-13-15-5-9(16)14-10(15)17/h1-4H,5H2,(H,14,16,17)/b13-4+. The van der Waals surface area contributed by atoms with E-state index in [1.807, 2.05) is 5.32 Å². The molecule has 1 aromatic rings. The van der Waals surface area contributed by atoms with Gasteiger partial charge in [-0.1, -0.05) is 17.7 Å². The molecule has 2 rings (SSSR count). The molecule has 0 bridgehead atoms. The molecule has 0 atom stereocenters. The van der Waals surface area contributed by atoms with E-state index in [9.17, 15) is 14.0 Å². The van der Waals surface area contributed by atoms with Crippen LogP contribution in [-0.2, 0) is 4.79 Å². The highest BCUT2D eigenvalue weighted by atomic mass is 35.5. The van der Waals surface area contributed by atoms with Crippen molar-refractivity contribution in [2.24, 2.45) is 5.10 Å². The molecule has 88 valence electrons. The molecule has 1 N–H and O–H groups in total. The van der Waals surface area contributed by atoms with Gasteiger partial charge in [0.2, 0.25) is 5.91 Å². The van der Waals surface area contributed by atoms with E-state index in [0.717, 1.165) is 11.2 Å². The summed E-state index contributed by atoms with van der Waals surface area (Å²) in [6.07, 6.45) is 1.11. The number of carbonyl (C=O) groups is 2. The largest absolute Gasteiger partial charge is 0.344 e. The zero-order chi connectivity index (χ0) is 12.4. The quantitative estimate of drug-likeness (QED) is 0.641. The minimum Gasteiger partial charge on any atom is -0.275 e. The van der Waals surface area contributed by atoms with E-state index >= 15 is 0 Å². The van der Waals surface area contributed by atoms with Crippen LogP contribution in [0, 0.1) is 5.82 Å². The fourth-order valence-electron chi connectivity index (χ4n) is 1.29. The van der Waals surface area contributed by atoms with Crippen molar-refractivity contribution in [2.45, 2.75) is 0 Å². The van der Waals surface area contributed by atoms with Crippen LogP contribution in [0.4, 0.5) is 9.18 Å². The van der Waals surface area contributed by atoms with E-state index in [1.165, 1.54) is 18.2 Å². The molecule has 1 heterocycles. The average Bonchev–Trinajstić information content (AvgIpc) is 2.57. The van der Waals surface area contributed by atoms with Gasteiger partial charge in [-0.3, -0.25) is 10.1 Å². The van der Waals surface area contributed by atoms with Gasteiger partial charge in [-0.25, -0.2) is 14.2 Å². The number of urea groups is 1. The third-order valence-electron chi connectivity index (χ3n) is 2.10. The van der Waals surface area contributed by atoms with Gasteiger partial charge in [0, 0.05) is 5.56 Å². The summed E-state index contributed by atoms with van der Waals surface area (Å²) in [7, 11) is 0. The normalized spacial score (nSPS) is 15.8. The Morgan fingerprint density at radius 2 is 2.24 bits per heavy atom. The second-order valence-electron chi connectivity index (χ2n) is 3.29. The monoisotopic (exact) mass is 255 g/mol. The van der Waals surface area contributed by atoms with Crippen LogP contribution in [-0.4, -0.2) is 29.7 Å². The molecular formula is C10H7ClFN3O2. The van der Waals surface area contributed by atoms with Gasteiger partial charge in [0.15, 0.2) is 0 Å². The Morgan fingerprint density at radius 3 is 2.82 bits per heavy atom. The summed E-state index contributed by atoms with van der Waals surface area (Å²) >= 11 is 5.76. The predicted octanol–water partition coefficient (Wildman–Crippen LogP) is 1.36. The summed E-state index contributed by atoms with van der Waals surface area (Å²) in [5, 5.41) is 6.81. The zero-order valence-electron chi connectivity index (χ0n) is 8.48. The van der Waals surface area contributed by atoms with Crippen LogP contribution < -0.4 is 5.32 Å². The fourth-order valence-corrected chi connectivity index (χ4v) is 1.50. The van der Waals surface area contributed by atoms with Crippen LogP contribution in [0.25, 0.3) is 0 Å². The average molecular weight is 256 g/mol. The number of halogens is 2. The molecule has 0 radical (unpaired) electrons. The number of imide groups is 1. The molecule has 1 aliphatic rings. The van der Waals surface area contributed by atoms with Gasteiger partial charge in [-0.05, 0) is 12.1 Å². The molecule has 7 heteroatoms. The van der Waals surface area contributed by atoms with E-state index in [0.29, 0.717) is 0 Å². The lowest BCUT2D eigenvalue weighted by atomic mass is 10.2. The number of carbonyl (C=O) groups excluding carboxylic acids is 2. The van der Waals surface area contributed by atoms with Gasteiger partial charge in [0.05, 0.1) is 11.2 Å². The van der Waals surface area contributed by atoms with Crippen molar-refractivity contribution in [3.8, 4) is 0 Å². The SMILES string of the molecule is O=C1CN(/N=C/c2c(F)cccc2Cl)C(=O)N1. The summed E-state index contributed by atoms with van der Waals surface area (Å²) < 4.78 is 13.3. The van der Waals surface area contributed by atoms with Crippen LogP contribution in [0.15, 0.2) is 23.3 Å². The number of benzene rings is 1. The Labute approximate surface area is 101 Å². The van der Waals surface area contributed by atoms with Crippen molar-refractivity contribution >= 4 is 29.8 Å². The highest BCUT2D eigenvalue weighted by Gasteiger charge is 2.26. The lowest BCUT2D eigenvalue weighted by Gasteiger charge is -2.05. The van der Waals surface area contributed by atoms with Crippen LogP contribution in [0.5, 0.6) is 0 Å². The van der Waals surface area contributed by atoms with Crippen molar-refractivity contribution in [1.82, 2.24) is 10.3 Å². The van der Waals surface area contributed by atoms with E-state index in [4.69, 9.17) is 11.6 Å². The maximum atomic E-state index is 13.3. The highest BCUT2D eigenvalue weighted by molar-refractivity contribution is 6.33. The fraction of sp³-hybridized carbons (Fsp3) is 0.100. The van der Waals surface area contributed by atoms with Gasteiger partial charge < -0.3 is 0 Å². The minimum absolute atomic E-state index is 0.0707. The first-order valence-electron chi connectivity index (χ1n) is 4.67. The Balaban J connectivity index is 2.21. The molecule has 1 saturated heterocycles. The molecule has 17 heavy (non-hydrogen) atoms. The van der Waals surface area contributed by atoms with Crippen molar-refractivity contribution in [1.29, 1.82) is 0 Å². The summed E-state index contributed by atoms with van der Waals surface area (Å²) in [6.45, 7) is -0.179. The number of nitrogens with one attached hydrogen (secondary N) is 1. The Bertz CT molecular complexity index is 498. The van der Waals surface area contributed by atoms with Crippen molar-refractivity contribution in [3.05, 3.63) is 34.6 Å². The summed E-state index contributed by atoms with van der Waals surface area (Å²) in [4.78, 5) is 22.0.